The van der Waals surface area contributed by atoms with E-state index in [1.54, 1.807) is 16.8 Å². The predicted molar refractivity (Wildman–Crippen MR) is 112 cm³/mol. The van der Waals surface area contributed by atoms with Crippen molar-refractivity contribution in [2.24, 2.45) is 0 Å². The zero-order valence-electron chi connectivity index (χ0n) is 15.9. The van der Waals surface area contributed by atoms with Crippen LogP contribution in [0.15, 0.2) is 47.5 Å². The summed E-state index contributed by atoms with van der Waals surface area (Å²) in [6.07, 6.45) is 4.64. The Kier molecular flexibility index (Phi) is 5.49. The third-order valence-corrected chi connectivity index (χ3v) is 5.69. The molecular weight excluding hydrogens is 374 g/mol. The number of β-amino-alcohol motifs (C(OH)–C–C–N with tert-alkyl or cyclic N) is 1. The fourth-order valence-electron chi connectivity index (χ4n) is 4.04. The van der Waals surface area contributed by atoms with Gasteiger partial charge in [0, 0.05) is 37.4 Å². The van der Waals surface area contributed by atoms with Gasteiger partial charge in [0.25, 0.3) is 5.56 Å². The number of aromatic nitrogens is 2. The molecule has 1 aliphatic heterocycles. The summed E-state index contributed by atoms with van der Waals surface area (Å²) < 4.78 is 1.61. The zero-order chi connectivity index (χ0) is 19.7. The van der Waals surface area contributed by atoms with Crippen LogP contribution in [-0.4, -0.2) is 38.8 Å². The van der Waals surface area contributed by atoms with Gasteiger partial charge in [-0.1, -0.05) is 42.8 Å². The lowest BCUT2D eigenvalue weighted by atomic mass is 10.00. The average Bonchev–Trinajstić information content (AvgIpc) is 2.70. The molecule has 1 aromatic carbocycles. The standard InChI is InChI=1S/C22H24ClN3O2/c1-2-15-12-26(22(28)19-9-21(23)24-10-20(15)19)14-18(27)13-25-8-7-16-5-3-4-6-17(16)11-25/h3-6,9-10,12,18,27H,2,7-8,11,13-14H2,1H3/t18-/m1/s1. The van der Waals surface area contributed by atoms with Crippen molar-refractivity contribution in [2.45, 2.75) is 39.0 Å². The van der Waals surface area contributed by atoms with Gasteiger partial charge in [0.1, 0.15) is 5.15 Å². The van der Waals surface area contributed by atoms with Crippen LogP contribution in [0, 0.1) is 0 Å². The Morgan fingerprint density at radius 3 is 2.79 bits per heavy atom. The van der Waals surface area contributed by atoms with Crippen LogP contribution in [0.3, 0.4) is 0 Å². The number of nitrogens with zero attached hydrogens (tertiary/aromatic N) is 3. The van der Waals surface area contributed by atoms with Crippen molar-refractivity contribution in [3.63, 3.8) is 0 Å². The molecule has 3 heterocycles. The van der Waals surface area contributed by atoms with Gasteiger partial charge >= 0.3 is 0 Å². The van der Waals surface area contributed by atoms with Crippen molar-refractivity contribution in [2.75, 3.05) is 13.1 Å². The molecule has 5 nitrogen and oxygen atoms in total. The first-order valence-electron chi connectivity index (χ1n) is 9.70. The SMILES string of the molecule is CCc1cn(C[C@H](O)CN2CCc3ccccc3C2)c(=O)c2cc(Cl)ncc12. The topological polar surface area (TPSA) is 58.4 Å². The zero-order valence-corrected chi connectivity index (χ0v) is 16.7. The molecular formula is C22H24ClN3O2. The van der Waals surface area contributed by atoms with Gasteiger partial charge in [-0.3, -0.25) is 9.69 Å². The van der Waals surface area contributed by atoms with E-state index in [1.165, 1.54) is 11.1 Å². The van der Waals surface area contributed by atoms with E-state index in [1.807, 2.05) is 13.1 Å². The molecule has 3 aromatic rings. The highest BCUT2D eigenvalue weighted by molar-refractivity contribution is 6.30. The molecule has 0 radical (unpaired) electrons. The van der Waals surface area contributed by atoms with Crippen LogP contribution < -0.4 is 5.56 Å². The number of benzene rings is 1. The average molecular weight is 398 g/mol. The maximum Gasteiger partial charge on any atom is 0.258 e. The first-order chi connectivity index (χ1) is 13.5. The third kappa shape index (κ3) is 3.83. The van der Waals surface area contributed by atoms with Gasteiger partial charge in [0.2, 0.25) is 0 Å². The number of rotatable bonds is 5. The Hall–Kier alpha value is -2.21. The number of aliphatic hydroxyl groups excluding tert-OH is 1. The minimum atomic E-state index is -0.623. The predicted octanol–water partition coefficient (Wildman–Crippen LogP) is 3.03. The van der Waals surface area contributed by atoms with Crippen LogP contribution in [0.1, 0.15) is 23.6 Å². The molecule has 0 bridgehead atoms. The number of pyridine rings is 2. The van der Waals surface area contributed by atoms with Crippen molar-refractivity contribution >= 4 is 22.4 Å². The maximum atomic E-state index is 12.9. The van der Waals surface area contributed by atoms with Gasteiger partial charge in [-0.15, -0.1) is 0 Å². The molecule has 1 aliphatic rings. The molecule has 0 saturated carbocycles. The highest BCUT2D eigenvalue weighted by atomic mass is 35.5. The molecule has 1 N–H and O–H groups in total. The molecule has 4 rings (SSSR count). The summed E-state index contributed by atoms with van der Waals surface area (Å²) in [5.74, 6) is 0. The van der Waals surface area contributed by atoms with Crippen LogP contribution in [0.25, 0.3) is 10.8 Å². The fourth-order valence-corrected chi connectivity index (χ4v) is 4.20. The van der Waals surface area contributed by atoms with Crippen LogP contribution in [-0.2, 0) is 25.9 Å². The molecule has 0 unspecified atom stereocenters. The van der Waals surface area contributed by atoms with Crippen molar-refractivity contribution in [1.82, 2.24) is 14.5 Å². The second-order valence-corrected chi connectivity index (χ2v) is 7.81. The second kappa shape index (κ2) is 8.03. The Morgan fingerprint density at radius 2 is 2.00 bits per heavy atom. The Labute approximate surface area is 169 Å². The summed E-state index contributed by atoms with van der Waals surface area (Å²) >= 11 is 6.00. The summed E-state index contributed by atoms with van der Waals surface area (Å²) in [6.45, 7) is 4.60. The highest BCUT2D eigenvalue weighted by Crippen LogP contribution is 2.20. The van der Waals surface area contributed by atoms with Crippen molar-refractivity contribution in [3.8, 4) is 0 Å². The largest absolute Gasteiger partial charge is 0.390 e. The second-order valence-electron chi connectivity index (χ2n) is 7.43. The minimum absolute atomic E-state index is 0.139. The quantitative estimate of drug-likeness (QED) is 0.672. The summed E-state index contributed by atoms with van der Waals surface area (Å²) in [5, 5.41) is 12.4. The number of hydrogen-bond acceptors (Lipinski definition) is 4. The van der Waals surface area contributed by atoms with E-state index in [0.29, 0.717) is 17.1 Å². The monoisotopic (exact) mass is 397 g/mol. The van der Waals surface area contributed by atoms with Crippen molar-refractivity contribution < 1.29 is 5.11 Å². The van der Waals surface area contributed by atoms with E-state index in [9.17, 15) is 9.90 Å². The van der Waals surface area contributed by atoms with Crippen molar-refractivity contribution in [3.05, 3.63) is 74.9 Å². The number of aliphatic hydroxyl groups is 1. The number of halogens is 1. The molecule has 28 heavy (non-hydrogen) atoms. The minimum Gasteiger partial charge on any atom is -0.390 e. The molecule has 0 amide bonds. The van der Waals surface area contributed by atoms with E-state index in [4.69, 9.17) is 11.6 Å². The molecule has 0 spiro atoms. The van der Waals surface area contributed by atoms with E-state index >= 15 is 0 Å². The molecule has 1 atom stereocenters. The van der Waals surface area contributed by atoms with Crippen molar-refractivity contribution in [1.29, 1.82) is 0 Å². The third-order valence-electron chi connectivity index (χ3n) is 5.49. The van der Waals surface area contributed by atoms with Gasteiger partial charge in [0.05, 0.1) is 18.0 Å². The lowest BCUT2D eigenvalue weighted by Crippen LogP contribution is -2.39. The molecule has 0 aliphatic carbocycles. The van der Waals surface area contributed by atoms with E-state index in [0.717, 1.165) is 36.9 Å². The van der Waals surface area contributed by atoms with Gasteiger partial charge in [-0.25, -0.2) is 4.98 Å². The highest BCUT2D eigenvalue weighted by Gasteiger charge is 2.19. The van der Waals surface area contributed by atoms with E-state index < -0.39 is 6.10 Å². The Bertz CT molecular complexity index is 1060. The fraction of sp³-hybridized carbons (Fsp3) is 0.364. The van der Waals surface area contributed by atoms with Crippen LogP contribution in [0.2, 0.25) is 5.15 Å². The molecule has 6 heteroatoms. The van der Waals surface area contributed by atoms with Gasteiger partial charge in [-0.2, -0.15) is 0 Å². The summed E-state index contributed by atoms with van der Waals surface area (Å²) in [5.41, 5.74) is 3.59. The number of hydrogen-bond donors (Lipinski definition) is 1. The van der Waals surface area contributed by atoms with Crippen LogP contribution in [0.4, 0.5) is 0 Å². The first kappa shape index (κ1) is 19.1. The summed E-state index contributed by atoms with van der Waals surface area (Å²) in [6, 6.07) is 10.1. The van der Waals surface area contributed by atoms with Gasteiger partial charge in [0.15, 0.2) is 0 Å². The van der Waals surface area contributed by atoms with E-state index in [2.05, 4.69) is 34.1 Å². The first-order valence-corrected chi connectivity index (χ1v) is 10.1. The molecule has 0 saturated heterocycles. The lowest BCUT2D eigenvalue weighted by molar-refractivity contribution is 0.0910. The Morgan fingerprint density at radius 1 is 1.21 bits per heavy atom. The lowest BCUT2D eigenvalue weighted by Gasteiger charge is -2.30. The normalized spacial score (nSPS) is 15.5. The van der Waals surface area contributed by atoms with Crippen LogP contribution in [0.5, 0.6) is 0 Å². The number of aryl methyl sites for hydroxylation is 1. The molecule has 2 aromatic heterocycles. The van der Waals surface area contributed by atoms with Crippen LogP contribution >= 0.6 is 11.6 Å². The van der Waals surface area contributed by atoms with Gasteiger partial charge < -0.3 is 9.67 Å². The summed E-state index contributed by atoms with van der Waals surface area (Å²) in [4.78, 5) is 19.2. The molecule has 0 fully saturated rings. The summed E-state index contributed by atoms with van der Waals surface area (Å²) in [7, 11) is 0. The smallest absolute Gasteiger partial charge is 0.258 e. The Balaban J connectivity index is 1.53. The molecule has 146 valence electrons. The van der Waals surface area contributed by atoms with Gasteiger partial charge in [-0.05, 0) is 35.6 Å². The maximum absolute atomic E-state index is 12.9. The van der Waals surface area contributed by atoms with E-state index in [-0.39, 0.29) is 12.1 Å². The number of fused-ring (bicyclic) bond motifs is 2.